The smallest absolute Gasteiger partial charge is 0.394 e. The van der Waals surface area contributed by atoms with E-state index in [1.54, 1.807) is 12.4 Å². The zero-order chi connectivity index (χ0) is 23.6. The highest BCUT2D eigenvalue weighted by Gasteiger charge is 2.62. The van der Waals surface area contributed by atoms with E-state index in [1.807, 2.05) is 12.1 Å². The number of carbonyl (C=O) groups is 1. The van der Waals surface area contributed by atoms with Crippen LogP contribution in [0.1, 0.15) is 25.7 Å². The van der Waals surface area contributed by atoms with Gasteiger partial charge in [0.05, 0.1) is 18.2 Å². The average molecular weight is 467 g/mol. The fourth-order valence-electron chi connectivity index (χ4n) is 4.18. The number of hydrogen-bond donors (Lipinski definition) is 1. The summed E-state index contributed by atoms with van der Waals surface area (Å²) in [6, 6.07) is 3.32. The van der Waals surface area contributed by atoms with Crippen molar-refractivity contribution in [3.63, 3.8) is 0 Å². The van der Waals surface area contributed by atoms with Crippen molar-refractivity contribution >= 4 is 11.8 Å². The summed E-state index contributed by atoms with van der Waals surface area (Å²) < 4.78 is 45.7. The van der Waals surface area contributed by atoms with Crippen LogP contribution in [-0.2, 0) is 0 Å². The Balaban J connectivity index is 1.44. The van der Waals surface area contributed by atoms with E-state index >= 15 is 0 Å². The fraction of sp³-hybridized carbons (Fsp3) is 0.591. The second-order valence-electron chi connectivity index (χ2n) is 8.76. The Hall–Kier alpha value is -2.82. The molecule has 2 aliphatic rings. The molecule has 4 rings (SSSR count). The van der Waals surface area contributed by atoms with E-state index in [1.165, 1.54) is 11.7 Å². The summed E-state index contributed by atoms with van der Waals surface area (Å²) in [5.74, 6) is 0.792. The molecule has 11 heteroatoms. The number of ether oxygens (including phenoxy) is 1. The molecular weight excluding hydrogens is 437 g/mol. The van der Waals surface area contributed by atoms with Crippen molar-refractivity contribution in [3.05, 3.63) is 24.5 Å². The molecule has 1 aliphatic carbocycles. The first kappa shape index (κ1) is 23.3. The van der Waals surface area contributed by atoms with Gasteiger partial charge >= 0.3 is 18.2 Å². The number of imidazole rings is 1. The van der Waals surface area contributed by atoms with E-state index in [4.69, 9.17) is 4.74 Å². The van der Waals surface area contributed by atoms with Crippen molar-refractivity contribution in [1.29, 1.82) is 0 Å². The molecule has 0 bridgehead atoms. The quantitative estimate of drug-likeness (QED) is 0.631. The van der Waals surface area contributed by atoms with Crippen LogP contribution in [0.4, 0.5) is 23.8 Å². The Morgan fingerprint density at radius 2 is 1.97 bits per heavy atom. The molecule has 1 aliphatic heterocycles. The lowest BCUT2D eigenvalue weighted by Gasteiger charge is -2.34. The van der Waals surface area contributed by atoms with Gasteiger partial charge in [-0.25, -0.2) is 14.3 Å². The average Bonchev–Trinajstić information content (AvgIpc) is 3.48. The summed E-state index contributed by atoms with van der Waals surface area (Å²) in [7, 11) is 3.50. The first-order valence-electron chi connectivity index (χ1n) is 11.1. The van der Waals surface area contributed by atoms with Gasteiger partial charge in [0.15, 0.2) is 0 Å². The van der Waals surface area contributed by atoms with Gasteiger partial charge < -0.3 is 19.9 Å². The molecule has 0 unspecified atom stereocenters. The first-order chi connectivity index (χ1) is 15.7. The number of carbonyl (C=O) groups excluding carboxylic acids is 1. The summed E-state index contributed by atoms with van der Waals surface area (Å²) in [6.45, 7) is 3.65. The Morgan fingerprint density at radius 1 is 1.24 bits per heavy atom. The second kappa shape index (κ2) is 9.20. The van der Waals surface area contributed by atoms with Crippen LogP contribution in [0.5, 0.6) is 6.01 Å². The molecular formula is C22H29F3N6O2. The van der Waals surface area contributed by atoms with Gasteiger partial charge in [0.25, 0.3) is 0 Å². The lowest BCUT2D eigenvalue weighted by molar-refractivity contribution is -0.189. The van der Waals surface area contributed by atoms with E-state index in [0.29, 0.717) is 5.69 Å². The number of aromatic nitrogens is 3. The Bertz CT molecular complexity index is 981. The van der Waals surface area contributed by atoms with Crippen LogP contribution in [0.2, 0.25) is 0 Å². The van der Waals surface area contributed by atoms with Crippen molar-refractivity contribution in [2.24, 2.45) is 5.41 Å². The van der Waals surface area contributed by atoms with Crippen LogP contribution in [0.15, 0.2) is 24.5 Å². The van der Waals surface area contributed by atoms with Crippen molar-refractivity contribution in [1.82, 2.24) is 24.8 Å². The second-order valence-corrected chi connectivity index (χ2v) is 8.76. The molecule has 2 aromatic rings. The molecule has 1 saturated heterocycles. The van der Waals surface area contributed by atoms with Gasteiger partial charge in [-0.2, -0.15) is 18.2 Å². The number of hydrogen-bond acceptors (Lipinski definition) is 6. The highest BCUT2D eigenvalue weighted by Crippen LogP contribution is 2.60. The van der Waals surface area contributed by atoms with E-state index in [-0.39, 0.29) is 38.2 Å². The zero-order valence-corrected chi connectivity index (χ0v) is 18.9. The number of anilines is 1. The van der Waals surface area contributed by atoms with Crippen molar-refractivity contribution in [2.75, 3.05) is 51.8 Å². The van der Waals surface area contributed by atoms with Crippen molar-refractivity contribution in [3.8, 4) is 17.3 Å². The fourth-order valence-corrected chi connectivity index (χ4v) is 4.18. The third-order valence-corrected chi connectivity index (χ3v) is 6.50. The third kappa shape index (κ3) is 4.92. The minimum atomic E-state index is -4.18. The number of pyridine rings is 1. The third-order valence-electron chi connectivity index (χ3n) is 6.50. The summed E-state index contributed by atoms with van der Waals surface area (Å²) in [5, 5.41) is 2.68. The number of methoxy groups -OCH3 is 1. The minimum absolute atomic E-state index is 0.0210. The molecule has 1 N–H and O–H groups in total. The monoisotopic (exact) mass is 466 g/mol. The molecule has 1 amide bonds. The summed E-state index contributed by atoms with van der Waals surface area (Å²) in [5.41, 5.74) is -0.233. The maximum Gasteiger partial charge on any atom is 0.394 e. The standard InChI is InChI=1S/C22H29F3N6O2/c1-29-11-13-30(14-12-29)18-16(5-3-9-26-18)17-15-31(20(28-17)33-2)19(32)27-10-4-6-21(7-8-21)22(23,24)25/h3,5,9,15H,4,6-8,10-14H2,1-2H3,(H,27,32). The molecule has 0 radical (unpaired) electrons. The van der Waals surface area contributed by atoms with Crippen LogP contribution < -0.4 is 15.0 Å². The number of nitrogens with one attached hydrogen (secondary N) is 1. The van der Waals surface area contributed by atoms with Crippen LogP contribution >= 0.6 is 0 Å². The number of nitrogens with zero attached hydrogens (tertiary/aromatic N) is 5. The lowest BCUT2D eigenvalue weighted by Crippen LogP contribution is -2.45. The largest absolute Gasteiger partial charge is 0.468 e. The van der Waals surface area contributed by atoms with E-state index < -0.39 is 17.6 Å². The number of rotatable bonds is 7. The lowest BCUT2D eigenvalue weighted by atomic mass is 10.00. The number of halogens is 3. The van der Waals surface area contributed by atoms with Gasteiger partial charge in [0.2, 0.25) is 0 Å². The topological polar surface area (TPSA) is 75.5 Å². The van der Waals surface area contributed by atoms with Crippen LogP contribution in [0.25, 0.3) is 11.3 Å². The molecule has 180 valence electrons. The molecule has 0 aromatic carbocycles. The van der Waals surface area contributed by atoms with E-state index in [2.05, 4.69) is 32.1 Å². The summed E-state index contributed by atoms with van der Waals surface area (Å²) >= 11 is 0. The molecule has 33 heavy (non-hydrogen) atoms. The van der Waals surface area contributed by atoms with Gasteiger partial charge in [-0.05, 0) is 44.9 Å². The summed E-state index contributed by atoms with van der Waals surface area (Å²) in [4.78, 5) is 26.1. The SMILES string of the molecule is COc1nc(-c2cccnc2N2CCN(C)CC2)cn1C(=O)NCCCC1(C(F)(F)F)CC1. The zero-order valence-electron chi connectivity index (χ0n) is 18.9. The molecule has 3 heterocycles. The van der Waals surface area contributed by atoms with Crippen LogP contribution in [0.3, 0.4) is 0 Å². The molecule has 2 aromatic heterocycles. The van der Waals surface area contributed by atoms with Crippen molar-refractivity contribution < 1.29 is 22.7 Å². The van der Waals surface area contributed by atoms with Crippen LogP contribution in [0, 0.1) is 5.41 Å². The van der Waals surface area contributed by atoms with Crippen molar-refractivity contribution in [2.45, 2.75) is 31.9 Å². The Kier molecular flexibility index (Phi) is 6.51. The van der Waals surface area contributed by atoms with Gasteiger partial charge in [-0.1, -0.05) is 0 Å². The highest BCUT2D eigenvalue weighted by atomic mass is 19.4. The van der Waals surface area contributed by atoms with E-state index in [0.717, 1.165) is 37.6 Å². The number of piperazine rings is 1. The maximum absolute atomic E-state index is 13.1. The molecule has 8 nitrogen and oxygen atoms in total. The minimum Gasteiger partial charge on any atom is -0.468 e. The summed E-state index contributed by atoms with van der Waals surface area (Å²) in [6.07, 6.45) is -0.258. The van der Waals surface area contributed by atoms with Gasteiger partial charge in [0.1, 0.15) is 5.82 Å². The molecule has 0 atom stereocenters. The molecule has 0 spiro atoms. The van der Waals surface area contributed by atoms with E-state index in [9.17, 15) is 18.0 Å². The number of amides is 1. The normalized spacial score (nSPS) is 18.3. The highest BCUT2D eigenvalue weighted by molar-refractivity contribution is 5.81. The number of alkyl halides is 3. The predicted molar refractivity (Wildman–Crippen MR) is 117 cm³/mol. The maximum atomic E-state index is 13.1. The first-order valence-corrected chi connectivity index (χ1v) is 11.1. The molecule has 1 saturated carbocycles. The van der Waals surface area contributed by atoms with Gasteiger partial charge in [0, 0.05) is 50.7 Å². The number of likely N-dealkylation sites (N-methyl/N-ethyl adjacent to an activating group) is 1. The van der Waals surface area contributed by atoms with Gasteiger partial charge in [-0.15, -0.1) is 0 Å². The van der Waals surface area contributed by atoms with Gasteiger partial charge in [-0.3, -0.25) is 0 Å². The molecule has 2 fully saturated rings. The predicted octanol–water partition coefficient (Wildman–Crippen LogP) is 3.39. The Morgan fingerprint density at radius 3 is 2.61 bits per heavy atom. The van der Waals surface area contributed by atoms with Crippen LogP contribution in [-0.4, -0.2) is 78.5 Å². The Labute approximate surface area is 190 Å².